The Morgan fingerprint density at radius 3 is 2.50 bits per heavy atom. The van der Waals surface area contributed by atoms with Crippen LogP contribution in [0, 0.1) is 0 Å². The lowest BCUT2D eigenvalue weighted by atomic mass is 10.0. The number of benzene rings is 2. The first-order chi connectivity index (χ1) is 10.5. The number of hydrogen-bond acceptors (Lipinski definition) is 2. The number of aromatic carboxylic acids is 1. The monoisotopic (exact) mass is 395 g/mol. The van der Waals surface area contributed by atoms with Gasteiger partial charge in [0, 0.05) is 15.4 Å². The van der Waals surface area contributed by atoms with Crippen LogP contribution >= 0.6 is 39.1 Å². The quantitative estimate of drug-likeness (QED) is 0.607. The lowest BCUT2D eigenvalue weighted by Gasteiger charge is -2.08. The van der Waals surface area contributed by atoms with Crippen LogP contribution in [0.15, 0.2) is 46.9 Å². The fraction of sp³-hybridized carbons (Fsp3) is 0. The first-order valence-electron chi connectivity index (χ1n) is 6.25. The standard InChI is InChI=1S/C16H8BrCl2NO2/c17-9-2-4-14-10(6-9)11(16(21)22)7-15(20-14)8-1-3-12(18)13(19)5-8/h1-7H,(H,21,22). The molecule has 0 unspecified atom stereocenters. The number of fused-ring (bicyclic) bond motifs is 1. The summed E-state index contributed by atoms with van der Waals surface area (Å²) in [6, 6.07) is 12.0. The summed E-state index contributed by atoms with van der Waals surface area (Å²) in [5.74, 6) is -1.01. The number of rotatable bonds is 2. The van der Waals surface area contributed by atoms with Gasteiger partial charge in [0.2, 0.25) is 0 Å². The Morgan fingerprint density at radius 1 is 1.05 bits per heavy atom. The number of nitrogens with zero attached hydrogens (tertiary/aromatic N) is 1. The Kier molecular flexibility index (Phi) is 4.08. The van der Waals surface area contributed by atoms with Gasteiger partial charge in [0.05, 0.1) is 26.8 Å². The highest BCUT2D eigenvalue weighted by molar-refractivity contribution is 9.10. The van der Waals surface area contributed by atoms with Crippen LogP contribution in [0.3, 0.4) is 0 Å². The highest BCUT2D eigenvalue weighted by atomic mass is 79.9. The fourth-order valence-electron chi connectivity index (χ4n) is 2.18. The summed E-state index contributed by atoms with van der Waals surface area (Å²) in [6.07, 6.45) is 0. The highest BCUT2D eigenvalue weighted by Gasteiger charge is 2.14. The van der Waals surface area contributed by atoms with E-state index in [2.05, 4.69) is 20.9 Å². The van der Waals surface area contributed by atoms with Gasteiger partial charge in [-0.05, 0) is 36.4 Å². The first kappa shape index (κ1) is 15.3. The molecule has 6 heteroatoms. The summed E-state index contributed by atoms with van der Waals surface area (Å²) in [7, 11) is 0. The summed E-state index contributed by atoms with van der Waals surface area (Å²) in [6.45, 7) is 0. The maximum atomic E-state index is 11.5. The molecule has 0 aliphatic heterocycles. The molecule has 0 spiro atoms. The average molecular weight is 397 g/mol. The number of pyridine rings is 1. The lowest BCUT2D eigenvalue weighted by Crippen LogP contribution is -2.00. The summed E-state index contributed by atoms with van der Waals surface area (Å²) in [4.78, 5) is 16.1. The second kappa shape index (κ2) is 5.88. The van der Waals surface area contributed by atoms with Crippen LogP contribution in [-0.2, 0) is 0 Å². The number of hydrogen-bond donors (Lipinski definition) is 1. The van der Waals surface area contributed by atoms with E-state index in [9.17, 15) is 9.90 Å². The van der Waals surface area contributed by atoms with Crippen LogP contribution < -0.4 is 0 Å². The van der Waals surface area contributed by atoms with Gasteiger partial charge < -0.3 is 5.11 Å². The summed E-state index contributed by atoms with van der Waals surface area (Å²) in [5, 5.41) is 10.9. The van der Waals surface area contributed by atoms with Crippen molar-refractivity contribution in [1.82, 2.24) is 4.98 Å². The van der Waals surface area contributed by atoms with Gasteiger partial charge in [0.1, 0.15) is 0 Å². The maximum Gasteiger partial charge on any atom is 0.336 e. The number of aromatic nitrogens is 1. The van der Waals surface area contributed by atoms with Gasteiger partial charge in [-0.1, -0.05) is 45.2 Å². The Labute approximate surface area is 144 Å². The number of halogens is 3. The van der Waals surface area contributed by atoms with E-state index in [0.717, 1.165) is 4.47 Å². The summed E-state index contributed by atoms with van der Waals surface area (Å²) >= 11 is 15.3. The molecule has 0 amide bonds. The molecule has 3 nitrogen and oxygen atoms in total. The van der Waals surface area contributed by atoms with E-state index >= 15 is 0 Å². The van der Waals surface area contributed by atoms with Crippen LogP contribution in [-0.4, -0.2) is 16.1 Å². The molecule has 3 aromatic rings. The Balaban J connectivity index is 2.29. The van der Waals surface area contributed by atoms with Crippen LogP contribution in [0.4, 0.5) is 0 Å². The van der Waals surface area contributed by atoms with E-state index in [-0.39, 0.29) is 5.56 Å². The van der Waals surface area contributed by atoms with Crippen LogP contribution in [0.1, 0.15) is 10.4 Å². The topological polar surface area (TPSA) is 50.2 Å². The predicted molar refractivity (Wildman–Crippen MR) is 91.9 cm³/mol. The molecule has 0 aliphatic rings. The van der Waals surface area contributed by atoms with Crippen molar-refractivity contribution in [3.63, 3.8) is 0 Å². The van der Waals surface area contributed by atoms with E-state index in [1.807, 2.05) is 6.07 Å². The molecule has 3 rings (SSSR count). The third-order valence-electron chi connectivity index (χ3n) is 3.22. The van der Waals surface area contributed by atoms with Gasteiger partial charge >= 0.3 is 5.97 Å². The zero-order valence-corrected chi connectivity index (χ0v) is 14.1. The summed E-state index contributed by atoms with van der Waals surface area (Å²) < 4.78 is 0.798. The van der Waals surface area contributed by atoms with E-state index in [1.54, 1.807) is 30.3 Å². The van der Waals surface area contributed by atoms with E-state index in [0.29, 0.717) is 32.2 Å². The third-order valence-corrected chi connectivity index (χ3v) is 4.45. The van der Waals surface area contributed by atoms with E-state index < -0.39 is 5.97 Å². The molecule has 2 aromatic carbocycles. The van der Waals surface area contributed by atoms with Gasteiger partial charge in [0.15, 0.2) is 0 Å². The first-order valence-corrected chi connectivity index (χ1v) is 7.79. The number of carbonyl (C=O) groups is 1. The Hall–Kier alpha value is -1.62. The zero-order valence-electron chi connectivity index (χ0n) is 11.0. The molecule has 0 atom stereocenters. The van der Waals surface area contributed by atoms with E-state index in [1.165, 1.54) is 6.07 Å². The van der Waals surface area contributed by atoms with Crippen LogP contribution in [0.5, 0.6) is 0 Å². The normalized spacial score (nSPS) is 10.9. The van der Waals surface area contributed by atoms with Crippen molar-refractivity contribution < 1.29 is 9.90 Å². The number of carboxylic acid groups (broad SMARTS) is 1. The fourth-order valence-corrected chi connectivity index (χ4v) is 2.84. The Bertz CT molecular complexity index is 912. The molecule has 22 heavy (non-hydrogen) atoms. The third kappa shape index (κ3) is 2.82. The van der Waals surface area contributed by atoms with Crippen molar-refractivity contribution in [2.24, 2.45) is 0 Å². The molecule has 0 saturated heterocycles. The molecule has 0 saturated carbocycles. The average Bonchev–Trinajstić information content (AvgIpc) is 2.48. The van der Waals surface area contributed by atoms with Crippen LogP contribution in [0.25, 0.3) is 22.2 Å². The molecule has 1 N–H and O–H groups in total. The second-order valence-corrected chi connectivity index (χ2v) is 6.38. The molecule has 0 bridgehead atoms. The molecule has 0 fully saturated rings. The minimum atomic E-state index is -1.01. The van der Waals surface area contributed by atoms with Gasteiger partial charge in [-0.15, -0.1) is 0 Å². The summed E-state index contributed by atoms with van der Waals surface area (Å²) in [5.41, 5.74) is 2.03. The van der Waals surface area contributed by atoms with E-state index in [4.69, 9.17) is 23.2 Å². The van der Waals surface area contributed by atoms with Crippen molar-refractivity contribution in [1.29, 1.82) is 0 Å². The van der Waals surface area contributed by atoms with Crippen molar-refractivity contribution in [3.05, 3.63) is 62.5 Å². The van der Waals surface area contributed by atoms with Gasteiger partial charge in [-0.3, -0.25) is 0 Å². The maximum absolute atomic E-state index is 11.5. The molecular weight excluding hydrogens is 389 g/mol. The van der Waals surface area contributed by atoms with Crippen LogP contribution in [0.2, 0.25) is 10.0 Å². The lowest BCUT2D eigenvalue weighted by molar-refractivity contribution is 0.0699. The minimum absolute atomic E-state index is 0.187. The van der Waals surface area contributed by atoms with Crippen molar-refractivity contribution in [2.45, 2.75) is 0 Å². The van der Waals surface area contributed by atoms with Crippen molar-refractivity contribution in [2.75, 3.05) is 0 Å². The zero-order chi connectivity index (χ0) is 15.9. The van der Waals surface area contributed by atoms with Crippen molar-refractivity contribution in [3.8, 4) is 11.3 Å². The highest BCUT2D eigenvalue weighted by Crippen LogP contribution is 2.31. The smallest absolute Gasteiger partial charge is 0.336 e. The second-order valence-electron chi connectivity index (χ2n) is 4.65. The van der Waals surface area contributed by atoms with Gasteiger partial charge in [-0.25, -0.2) is 9.78 Å². The minimum Gasteiger partial charge on any atom is -0.478 e. The number of carboxylic acids is 1. The SMILES string of the molecule is O=C(O)c1cc(-c2ccc(Cl)c(Cl)c2)nc2ccc(Br)cc12. The molecule has 0 aliphatic carbocycles. The predicted octanol–water partition coefficient (Wildman–Crippen LogP) is 5.67. The van der Waals surface area contributed by atoms with Gasteiger partial charge in [0.25, 0.3) is 0 Å². The molecule has 1 heterocycles. The van der Waals surface area contributed by atoms with Crippen molar-refractivity contribution >= 4 is 56.0 Å². The molecule has 110 valence electrons. The molecule has 1 aromatic heterocycles. The molecule has 0 radical (unpaired) electrons. The Morgan fingerprint density at radius 2 is 1.82 bits per heavy atom. The largest absolute Gasteiger partial charge is 0.478 e. The molecular formula is C16H8BrCl2NO2. The van der Waals surface area contributed by atoms with Gasteiger partial charge in [-0.2, -0.15) is 0 Å².